The predicted molar refractivity (Wildman–Crippen MR) is 108 cm³/mol. The summed E-state index contributed by atoms with van der Waals surface area (Å²) in [5, 5.41) is 2.49. The van der Waals surface area contributed by atoms with Gasteiger partial charge >= 0.3 is 6.03 Å². The van der Waals surface area contributed by atoms with Gasteiger partial charge in [-0.3, -0.25) is 5.32 Å². The van der Waals surface area contributed by atoms with Gasteiger partial charge in [-0.05, 0) is 50.2 Å². The van der Waals surface area contributed by atoms with Crippen molar-refractivity contribution >= 4 is 41.0 Å². The first-order chi connectivity index (χ1) is 12.7. The molecule has 0 radical (unpaired) electrons. The lowest BCUT2D eigenvalue weighted by molar-refractivity contribution is 0.199. The molecule has 0 unspecified atom stereocenters. The number of carbonyl (C=O) groups is 1. The van der Waals surface area contributed by atoms with Crippen molar-refractivity contribution in [1.29, 1.82) is 0 Å². The largest absolute Gasteiger partial charge is 0.387 e. The van der Waals surface area contributed by atoms with E-state index in [9.17, 15) is 13.6 Å². The summed E-state index contributed by atoms with van der Waals surface area (Å²) >= 11 is 4.92. The molecule has 1 aromatic carbocycles. The number of benzene rings is 1. The number of amides is 2. The van der Waals surface area contributed by atoms with Crippen molar-refractivity contribution in [3.63, 3.8) is 0 Å². The van der Waals surface area contributed by atoms with Gasteiger partial charge in [-0.15, -0.1) is 0 Å². The van der Waals surface area contributed by atoms with Gasteiger partial charge in [-0.25, -0.2) is 18.6 Å². The number of nitrogens with one attached hydrogen (secondary N) is 1. The van der Waals surface area contributed by atoms with E-state index in [2.05, 4.69) is 10.3 Å². The van der Waals surface area contributed by atoms with Gasteiger partial charge in [0.15, 0.2) is 0 Å². The minimum atomic E-state index is -0.605. The van der Waals surface area contributed by atoms with Crippen molar-refractivity contribution < 1.29 is 13.6 Å². The number of hydrogen-bond acceptors (Lipinski definition) is 3. The highest BCUT2D eigenvalue weighted by atomic mass is 32.1. The first-order valence-electron chi connectivity index (χ1n) is 8.44. The number of rotatable bonds is 2. The number of thiocarbonyl (C=S) groups is 1. The summed E-state index contributed by atoms with van der Waals surface area (Å²) in [6.45, 7) is 2.41. The number of hydrogen-bond donors (Lipinski definition) is 2. The van der Waals surface area contributed by atoms with Crippen molar-refractivity contribution in [1.82, 2.24) is 10.2 Å². The highest BCUT2D eigenvalue weighted by Gasteiger charge is 2.20. The van der Waals surface area contributed by atoms with Crippen LogP contribution >= 0.6 is 12.2 Å². The first-order valence-corrected chi connectivity index (χ1v) is 8.84. The fraction of sp³-hybridized carbons (Fsp3) is 0.389. The summed E-state index contributed by atoms with van der Waals surface area (Å²) in [7, 11) is 3.44. The second kappa shape index (κ2) is 8.90. The Hall–Kier alpha value is -2.55. The summed E-state index contributed by atoms with van der Waals surface area (Å²) in [5.41, 5.74) is 6.71. The maximum absolute atomic E-state index is 14.3. The molecule has 0 spiro atoms. The second-order valence-corrected chi connectivity index (χ2v) is 6.88. The van der Waals surface area contributed by atoms with E-state index in [1.54, 1.807) is 30.8 Å². The second-order valence-electron chi connectivity index (χ2n) is 6.50. The zero-order valence-corrected chi connectivity index (χ0v) is 16.4. The molecule has 6 nitrogen and oxygen atoms in total. The zero-order valence-electron chi connectivity index (χ0n) is 15.6. The van der Waals surface area contributed by atoms with E-state index in [1.807, 2.05) is 0 Å². The van der Waals surface area contributed by atoms with E-state index in [0.717, 1.165) is 5.57 Å². The molecular weight excluding hydrogens is 372 g/mol. The molecule has 1 heterocycles. The van der Waals surface area contributed by atoms with Crippen LogP contribution in [-0.2, 0) is 0 Å². The van der Waals surface area contributed by atoms with Crippen molar-refractivity contribution in [3.05, 3.63) is 34.9 Å². The van der Waals surface area contributed by atoms with Crippen LogP contribution in [0.25, 0.3) is 6.08 Å². The Bertz CT molecular complexity index is 770. The fourth-order valence-corrected chi connectivity index (χ4v) is 2.90. The van der Waals surface area contributed by atoms with Gasteiger partial charge in [0.05, 0.1) is 5.84 Å². The van der Waals surface area contributed by atoms with Crippen LogP contribution in [0.3, 0.4) is 0 Å². The van der Waals surface area contributed by atoms with Gasteiger partial charge in [0.2, 0.25) is 5.11 Å². The molecule has 0 atom stereocenters. The number of nitrogens with zero attached hydrogens (tertiary/aromatic N) is 3. The Kier molecular flexibility index (Phi) is 6.84. The molecule has 1 aliphatic heterocycles. The molecule has 1 saturated heterocycles. The highest BCUT2D eigenvalue weighted by Crippen LogP contribution is 2.26. The Morgan fingerprint density at radius 2 is 1.85 bits per heavy atom. The average molecular weight is 395 g/mol. The summed E-state index contributed by atoms with van der Waals surface area (Å²) in [6, 6.07) is 2.24. The summed E-state index contributed by atoms with van der Waals surface area (Å²) < 4.78 is 28.5. The molecule has 0 aliphatic carbocycles. The third kappa shape index (κ3) is 5.72. The van der Waals surface area contributed by atoms with Gasteiger partial charge in [-0.2, -0.15) is 0 Å². The van der Waals surface area contributed by atoms with E-state index in [-0.39, 0.29) is 22.5 Å². The van der Waals surface area contributed by atoms with Gasteiger partial charge < -0.3 is 15.5 Å². The lowest BCUT2D eigenvalue weighted by Crippen LogP contribution is -2.44. The number of aliphatic imine (C=N–C) groups is 1. The van der Waals surface area contributed by atoms with Gasteiger partial charge in [0.25, 0.3) is 0 Å². The highest BCUT2D eigenvalue weighted by molar-refractivity contribution is 7.80. The topological polar surface area (TPSA) is 74.0 Å². The monoisotopic (exact) mass is 395 g/mol. The molecule has 3 N–H and O–H groups in total. The van der Waals surface area contributed by atoms with Crippen LogP contribution in [0.2, 0.25) is 0 Å². The first kappa shape index (κ1) is 20.8. The van der Waals surface area contributed by atoms with Gasteiger partial charge in [0, 0.05) is 38.4 Å². The lowest BCUT2D eigenvalue weighted by atomic mass is 10.0. The third-order valence-corrected chi connectivity index (χ3v) is 4.31. The van der Waals surface area contributed by atoms with Crippen LogP contribution in [0.1, 0.15) is 25.3 Å². The van der Waals surface area contributed by atoms with Crippen LogP contribution in [0.15, 0.2) is 22.7 Å². The van der Waals surface area contributed by atoms with E-state index >= 15 is 0 Å². The van der Waals surface area contributed by atoms with E-state index in [1.165, 1.54) is 18.2 Å². The molecule has 0 aromatic heterocycles. The average Bonchev–Trinajstić information content (AvgIpc) is 2.57. The number of urea groups is 1. The Morgan fingerprint density at radius 3 is 2.33 bits per heavy atom. The minimum absolute atomic E-state index is 0.00598. The Morgan fingerprint density at radius 1 is 1.30 bits per heavy atom. The van der Waals surface area contributed by atoms with Crippen LogP contribution in [0.5, 0.6) is 0 Å². The maximum Gasteiger partial charge on any atom is 0.323 e. The number of piperidine rings is 1. The number of carbonyl (C=O) groups excluding carboxylic acids is 1. The molecule has 27 heavy (non-hydrogen) atoms. The third-order valence-electron chi connectivity index (χ3n) is 4.11. The van der Waals surface area contributed by atoms with Crippen molar-refractivity contribution in [2.75, 3.05) is 32.1 Å². The summed E-state index contributed by atoms with van der Waals surface area (Å²) in [4.78, 5) is 19.1. The van der Waals surface area contributed by atoms with E-state index in [0.29, 0.717) is 31.6 Å². The smallest absolute Gasteiger partial charge is 0.323 e. The molecule has 9 heteroatoms. The molecule has 1 aromatic rings. The number of likely N-dealkylation sites (tertiary alicyclic amines) is 1. The number of anilines is 1. The van der Waals surface area contributed by atoms with Crippen LogP contribution in [-0.4, -0.2) is 49.1 Å². The maximum atomic E-state index is 14.3. The molecule has 0 bridgehead atoms. The molecule has 1 fully saturated rings. The van der Waals surface area contributed by atoms with Crippen LogP contribution in [0.4, 0.5) is 19.3 Å². The van der Waals surface area contributed by atoms with Gasteiger partial charge in [-0.1, -0.05) is 5.57 Å². The van der Waals surface area contributed by atoms with Crippen LogP contribution < -0.4 is 16.0 Å². The number of nitrogens with two attached hydrogens (primary N) is 1. The van der Waals surface area contributed by atoms with Gasteiger partial charge in [0.1, 0.15) is 11.6 Å². The van der Waals surface area contributed by atoms with Crippen molar-refractivity contribution in [2.24, 2.45) is 10.7 Å². The fourth-order valence-electron chi connectivity index (χ4n) is 2.67. The molecule has 2 rings (SSSR count). The summed E-state index contributed by atoms with van der Waals surface area (Å²) in [5.74, 6) is -0.952. The standard InChI is InChI=1S/C18H23F2N5OS/c1-11(21)22-17(27)23-18(26)25-6-4-12(5-7-25)8-14-15(19)9-13(24(2)3)10-16(14)20/h8-10H,4-7H2,1-3H3,(H3,21,22,23,26,27). The summed E-state index contributed by atoms with van der Waals surface area (Å²) in [6.07, 6.45) is 2.58. The predicted octanol–water partition coefficient (Wildman–Crippen LogP) is 2.88. The normalized spacial score (nSPS) is 14.8. The molecule has 1 aliphatic rings. The molecule has 0 saturated carbocycles. The van der Waals surface area contributed by atoms with E-state index < -0.39 is 11.6 Å². The minimum Gasteiger partial charge on any atom is -0.387 e. The Balaban J connectivity index is 2.02. The SMILES string of the molecule is C/C(N)=N/C(=S)NC(=O)N1CCC(=Cc2c(F)cc(N(C)C)cc2F)CC1. The van der Waals surface area contributed by atoms with Crippen molar-refractivity contribution in [2.45, 2.75) is 19.8 Å². The molecule has 146 valence electrons. The lowest BCUT2D eigenvalue weighted by Gasteiger charge is -2.28. The quantitative estimate of drug-likeness (QED) is 0.459. The van der Waals surface area contributed by atoms with Crippen molar-refractivity contribution in [3.8, 4) is 0 Å². The Labute approximate surface area is 162 Å². The zero-order chi connectivity index (χ0) is 20.1. The van der Waals surface area contributed by atoms with Crippen LogP contribution in [0, 0.1) is 11.6 Å². The molecule has 2 amide bonds. The van der Waals surface area contributed by atoms with E-state index in [4.69, 9.17) is 18.0 Å². The number of halogens is 2. The molecular formula is C18H23F2N5OS. The number of amidine groups is 1.